The van der Waals surface area contributed by atoms with Crippen LogP contribution in [0.5, 0.6) is 0 Å². The fourth-order valence-electron chi connectivity index (χ4n) is 0.973. The Labute approximate surface area is 67.7 Å². The van der Waals surface area contributed by atoms with Gasteiger partial charge in [0.05, 0.1) is 0 Å². The van der Waals surface area contributed by atoms with Gasteiger partial charge in [-0.15, -0.1) is 0 Å². The van der Waals surface area contributed by atoms with Crippen molar-refractivity contribution in [3.8, 4) is 0 Å². The zero-order valence-corrected chi connectivity index (χ0v) is 7.38. The minimum absolute atomic E-state index is 0.0555. The van der Waals surface area contributed by atoms with Crippen LogP contribution < -0.4 is 0 Å². The molecule has 0 aliphatic rings. The van der Waals surface area contributed by atoms with E-state index in [0.29, 0.717) is 0 Å². The molecule has 0 fully saturated rings. The van der Waals surface area contributed by atoms with Crippen molar-refractivity contribution in [3.63, 3.8) is 0 Å². The van der Waals surface area contributed by atoms with E-state index in [1.165, 1.54) is 0 Å². The molecule has 0 rings (SSSR count). The standard InChI is InChI=1S/C7H16O2S/c1-3-4-6(5(2)10)7(8)9/h5-10H,3-4H2,1-2H3. The first-order valence-electron chi connectivity index (χ1n) is 3.63. The number of hydrogen-bond acceptors (Lipinski definition) is 3. The van der Waals surface area contributed by atoms with Gasteiger partial charge in [0, 0.05) is 11.2 Å². The molecule has 2 nitrogen and oxygen atoms in total. The lowest BCUT2D eigenvalue weighted by molar-refractivity contribution is -0.0849. The van der Waals surface area contributed by atoms with Gasteiger partial charge in [0.15, 0.2) is 6.29 Å². The first-order chi connectivity index (χ1) is 4.59. The minimum atomic E-state index is -1.22. The Hall–Kier alpha value is 0.270. The van der Waals surface area contributed by atoms with Crippen LogP contribution in [0, 0.1) is 5.92 Å². The number of hydrogen-bond donors (Lipinski definition) is 3. The van der Waals surface area contributed by atoms with Crippen LogP contribution in [-0.2, 0) is 0 Å². The summed E-state index contributed by atoms with van der Waals surface area (Å²) in [5, 5.41) is 17.7. The molecule has 2 unspecified atom stereocenters. The average Bonchev–Trinajstić information content (AvgIpc) is 1.81. The zero-order valence-electron chi connectivity index (χ0n) is 6.49. The lowest BCUT2D eigenvalue weighted by Crippen LogP contribution is -2.26. The third kappa shape index (κ3) is 3.44. The normalized spacial score (nSPS) is 17.4. The van der Waals surface area contributed by atoms with Crippen LogP contribution in [0.25, 0.3) is 0 Å². The summed E-state index contributed by atoms with van der Waals surface area (Å²) >= 11 is 4.15. The van der Waals surface area contributed by atoms with Crippen LogP contribution in [0.4, 0.5) is 0 Å². The van der Waals surface area contributed by atoms with Crippen LogP contribution in [0.1, 0.15) is 26.7 Å². The molecule has 0 spiro atoms. The van der Waals surface area contributed by atoms with Gasteiger partial charge >= 0.3 is 0 Å². The molecule has 3 heteroatoms. The summed E-state index contributed by atoms with van der Waals surface area (Å²) in [4.78, 5) is 0. The van der Waals surface area contributed by atoms with Crippen molar-refractivity contribution in [2.45, 2.75) is 38.2 Å². The average molecular weight is 164 g/mol. The first-order valence-corrected chi connectivity index (χ1v) is 4.15. The summed E-state index contributed by atoms with van der Waals surface area (Å²) in [5.74, 6) is -0.0895. The maximum atomic E-state index is 8.82. The molecule has 0 aromatic rings. The predicted molar refractivity (Wildman–Crippen MR) is 45.1 cm³/mol. The molecule has 62 valence electrons. The maximum Gasteiger partial charge on any atom is 0.155 e. The molecule has 0 amide bonds. The molecule has 0 radical (unpaired) electrons. The van der Waals surface area contributed by atoms with Gasteiger partial charge in [-0.05, 0) is 6.42 Å². The van der Waals surface area contributed by atoms with E-state index in [9.17, 15) is 0 Å². The molecular formula is C7H16O2S. The van der Waals surface area contributed by atoms with E-state index in [0.717, 1.165) is 12.8 Å². The van der Waals surface area contributed by atoms with Gasteiger partial charge in [0.2, 0.25) is 0 Å². The second-order valence-electron chi connectivity index (χ2n) is 2.61. The fourth-order valence-corrected chi connectivity index (χ4v) is 1.28. The van der Waals surface area contributed by atoms with E-state index in [4.69, 9.17) is 10.2 Å². The molecule has 0 aromatic heterocycles. The van der Waals surface area contributed by atoms with E-state index in [-0.39, 0.29) is 11.2 Å². The van der Waals surface area contributed by atoms with Gasteiger partial charge < -0.3 is 10.2 Å². The van der Waals surface area contributed by atoms with Crippen molar-refractivity contribution in [1.29, 1.82) is 0 Å². The summed E-state index contributed by atoms with van der Waals surface area (Å²) in [6, 6.07) is 0. The summed E-state index contributed by atoms with van der Waals surface area (Å²) in [6.07, 6.45) is 0.572. The van der Waals surface area contributed by atoms with Gasteiger partial charge in [-0.2, -0.15) is 12.6 Å². The quantitative estimate of drug-likeness (QED) is 0.429. The third-order valence-corrected chi connectivity index (χ3v) is 2.01. The van der Waals surface area contributed by atoms with Crippen molar-refractivity contribution < 1.29 is 10.2 Å². The highest BCUT2D eigenvalue weighted by Crippen LogP contribution is 2.18. The van der Waals surface area contributed by atoms with Crippen molar-refractivity contribution in [2.24, 2.45) is 5.92 Å². The smallest absolute Gasteiger partial charge is 0.155 e. The highest BCUT2D eigenvalue weighted by atomic mass is 32.1. The monoisotopic (exact) mass is 164 g/mol. The van der Waals surface area contributed by atoms with E-state index in [1.54, 1.807) is 0 Å². The Kier molecular flexibility index (Phi) is 5.13. The van der Waals surface area contributed by atoms with Gasteiger partial charge in [0.1, 0.15) is 0 Å². The minimum Gasteiger partial charge on any atom is -0.368 e. The molecule has 0 aromatic carbocycles. The summed E-state index contributed by atoms with van der Waals surface area (Å²) in [7, 11) is 0. The molecule has 0 saturated heterocycles. The first kappa shape index (κ1) is 10.3. The molecule has 2 atom stereocenters. The number of rotatable bonds is 4. The SMILES string of the molecule is CCCC(C(O)O)C(C)S. The summed E-state index contributed by atoms with van der Waals surface area (Å²) in [6.45, 7) is 3.90. The van der Waals surface area contributed by atoms with E-state index in [1.807, 2.05) is 13.8 Å². The molecule has 0 bridgehead atoms. The Morgan fingerprint density at radius 3 is 2.00 bits per heavy atom. The molecule has 0 saturated carbocycles. The molecule has 0 aliphatic carbocycles. The zero-order chi connectivity index (χ0) is 8.15. The van der Waals surface area contributed by atoms with Gasteiger partial charge in [0.25, 0.3) is 0 Å². The lowest BCUT2D eigenvalue weighted by atomic mass is 10.00. The Morgan fingerprint density at radius 2 is 1.90 bits per heavy atom. The highest BCUT2D eigenvalue weighted by molar-refractivity contribution is 7.80. The second-order valence-corrected chi connectivity index (χ2v) is 3.42. The Bertz CT molecular complexity index is 75.7. The van der Waals surface area contributed by atoms with Crippen LogP contribution in [0.15, 0.2) is 0 Å². The second kappa shape index (κ2) is 4.99. The Morgan fingerprint density at radius 1 is 1.40 bits per heavy atom. The van der Waals surface area contributed by atoms with Crippen LogP contribution in [0.3, 0.4) is 0 Å². The van der Waals surface area contributed by atoms with E-state index >= 15 is 0 Å². The predicted octanol–water partition coefficient (Wildman–Crippen LogP) is 1.03. The molecule has 0 heterocycles. The van der Waals surface area contributed by atoms with Crippen molar-refractivity contribution in [1.82, 2.24) is 0 Å². The van der Waals surface area contributed by atoms with Crippen molar-refractivity contribution in [3.05, 3.63) is 0 Å². The van der Waals surface area contributed by atoms with E-state index < -0.39 is 6.29 Å². The van der Waals surface area contributed by atoms with Crippen LogP contribution in [-0.4, -0.2) is 21.8 Å². The van der Waals surface area contributed by atoms with Gasteiger partial charge in [-0.1, -0.05) is 20.3 Å². The number of aliphatic hydroxyl groups excluding tert-OH is 1. The lowest BCUT2D eigenvalue weighted by Gasteiger charge is -2.20. The van der Waals surface area contributed by atoms with Crippen LogP contribution in [0.2, 0.25) is 0 Å². The van der Waals surface area contributed by atoms with Crippen molar-refractivity contribution >= 4 is 12.6 Å². The molecule has 2 N–H and O–H groups in total. The van der Waals surface area contributed by atoms with Crippen LogP contribution >= 0.6 is 12.6 Å². The highest BCUT2D eigenvalue weighted by Gasteiger charge is 2.19. The van der Waals surface area contributed by atoms with Crippen molar-refractivity contribution in [2.75, 3.05) is 0 Å². The largest absolute Gasteiger partial charge is 0.368 e. The topological polar surface area (TPSA) is 40.5 Å². The van der Waals surface area contributed by atoms with Gasteiger partial charge in [-0.25, -0.2) is 0 Å². The molecule has 10 heavy (non-hydrogen) atoms. The van der Waals surface area contributed by atoms with E-state index in [2.05, 4.69) is 12.6 Å². The number of aliphatic hydroxyl groups is 2. The summed E-state index contributed by atoms with van der Waals surface area (Å²) in [5.41, 5.74) is 0. The maximum absolute atomic E-state index is 8.82. The third-order valence-electron chi connectivity index (χ3n) is 1.62. The summed E-state index contributed by atoms with van der Waals surface area (Å²) < 4.78 is 0. The fraction of sp³-hybridized carbons (Fsp3) is 1.00. The Balaban J connectivity index is 3.73. The molecule has 0 aliphatic heterocycles. The van der Waals surface area contributed by atoms with Gasteiger partial charge in [-0.3, -0.25) is 0 Å². The molecular weight excluding hydrogens is 148 g/mol. The number of thiol groups is 1.